The van der Waals surface area contributed by atoms with Crippen LogP contribution in [-0.2, 0) is 0 Å². The fourth-order valence-electron chi connectivity index (χ4n) is 2.30. The van der Waals surface area contributed by atoms with Crippen LogP contribution in [0.25, 0.3) is 0 Å². The molecule has 0 heterocycles. The van der Waals surface area contributed by atoms with Gasteiger partial charge in [-0.15, -0.1) is 0 Å². The Bertz CT molecular complexity index is 459. The highest BCUT2D eigenvalue weighted by Gasteiger charge is 2.31. The molecule has 21 heavy (non-hydrogen) atoms. The van der Waals surface area contributed by atoms with Gasteiger partial charge in [0.15, 0.2) is 0 Å². The zero-order chi connectivity index (χ0) is 15.5. The predicted molar refractivity (Wildman–Crippen MR) is 71.2 cm³/mol. The molecule has 0 aliphatic heterocycles. The molecular formula is C15H19F4NO. The van der Waals surface area contributed by atoms with Crippen LogP contribution in [0.5, 0.6) is 0 Å². The molecule has 0 radical (unpaired) electrons. The lowest BCUT2D eigenvalue weighted by Crippen LogP contribution is -2.34. The molecule has 1 aliphatic rings. The predicted octanol–water partition coefficient (Wildman–Crippen LogP) is 3.52. The molecule has 1 unspecified atom stereocenters. The first-order chi connectivity index (χ1) is 9.85. The Kier molecular flexibility index (Phi) is 5.22. The Balaban J connectivity index is 1.95. The van der Waals surface area contributed by atoms with E-state index in [1.54, 1.807) is 11.0 Å². The highest BCUT2D eigenvalue weighted by Crippen LogP contribution is 2.31. The molecule has 2 nitrogen and oxygen atoms in total. The summed E-state index contributed by atoms with van der Waals surface area (Å²) >= 11 is 0. The molecule has 6 heteroatoms. The molecule has 1 saturated carbocycles. The van der Waals surface area contributed by atoms with Gasteiger partial charge in [-0.3, -0.25) is 4.90 Å². The van der Waals surface area contributed by atoms with Gasteiger partial charge in [0.05, 0.1) is 12.5 Å². The van der Waals surface area contributed by atoms with Crippen molar-refractivity contribution >= 4 is 0 Å². The van der Waals surface area contributed by atoms with Crippen molar-refractivity contribution in [2.75, 3.05) is 19.6 Å². The van der Waals surface area contributed by atoms with Gasteiger partial charge in [0.1, 0.15) is 5.82 Å². The summed E-state index contributed by atoms with van der Waals surface area (Å²) in [5, 5.41) is 10.1. The Hall–Kier alpha value is -1.14. The molecular weight excluding hydrogens is 286 g/mol. The second kappa shape index (κ2) is 6.75. The summed E-state index contributed by atoms with van der Waals surface area (Å²) in [7, 11) is 0. The Morgan fingerprint density at radius 2 is 1.90 bits per heavy atom. The largest absolute Gasteiger partial charge is 0.390 e. The van der Waals surface area contributed by atoms with Crippen LogP contribution in [0.15, 0.2) is 24.3 Å². The van der Waals surface area contributed by atoms with Crippen molar-refractivity contribution in [3.8, 4) is 0 Å². The minimum atomic E-state index is -4.22. The van der Waals surface area contributed by atoms with E-state index in [0.29, 0.717) is 12.5 Å². The molecule has 1 atom stereocenters. The average Bonchev–Trinajstić information content (AvgIpc) is 3.19. The monoisotopic (exact) mass is 305 g/mol. The van der Waals surface area contributed by atoms with Crippen LogP contribution in [0.2, 0.25) is 0 Å². The van der Waals surface area contributed by atoms with Gasteiger partial charge in [-0.1, -0.05) is 18.2 Å². The minimum Gasteiger partial charge on any atom is -0.387 e. The Morgan fingerprint density at radius 3 is 2.48 bits per heavy atom. The summed E-state index contributed by atoms with van der Waals surface area (Å²) in [6.07, 6.45) is -4.22. The van der Waals surface area contributed by atoms with Gasteiger partial charge in [0.25, 0.3) is 0 Å². The standard InChI is InChI=1S/C15H19F4NO/c16-13-4-2-1-3-12(13)14(21)10-20(9-11-5-6-11)8-7-15(17,18)19/h1-4,11,14,21H,5-10H2. The normalized spacial score (nSPS) is 17.2. The number of benzene rings is 1. The van der Waals surface area contributed by atoms with Gasteiger partial charge in [-0.25, -0.2) is 4.39 Å². The molecule has 1 fully saturated rings. The number of nitrogens with zero attached hydrogens (tertiary/aromatic N) is 1. The highest BCUT2D eigenvalue weighted by molar-refractivity contribution is 5.20. The first-order valence-corrected chi connectivity index (χ1v) is 7.07. The lowest BCUT2D eigenvalue weighted by molar-refractivity contribution is -0.138. The van der Waals surface area contributed by atoms with Crippen LogP contribution in [-0.4, -0.2) is 35.8 Å². The van der Waals surface area contributed by atoms with E-state index in [4.69, 9.17) is 0 Å². The van der Waals surface area contributed by atoms with Gasteiger partial charge in [0.2, 0.25) is 0 Å². The maximum absolute atomic E-state index is 13.6. The second-order valence-corrected chi connectivity index (χ2v) is 5.61. The van der Waals surface area contributed by atoms with Gasteiger partial charge < -0.3 is 5.11 Å². The summed E-state index contributed by atoms with van der Waals surface area (Å²) in [5.41, 5.74) is 0.130. The highest BCUT2D eigenvalue weighted by atomic mass is 19.4. The van der Waals surface area contributed by atoms with Crippen LogP contribution in [0, 0.1) is 11.7 Å². The zero-order valence-corrected chi connectivity index (χ0v) is 11.6. The number of aliphatic hydroxyl groups is 1. The first-order valence-electron chi connectivity index (χ1n) is 7.07. The lowest BCUT2D eigenvalue weighted by Gasteiger charge is -2.26. The van der Waals surface area contributed by atoms with Crippen LogP contribution in [0.4, 0.5) is 17.6 Å². The third-order valence-electron chi connectivity index (χ3n) is 3.62. The SMILES string of the molecule is OC(CN(CCC(F)(F)F)CC1CC1)c1ccccc1F. The van der Waals surface area contributed by atoms with Gasteiger partial charge in [0, 0.05) is 25.2 Å². The summed E-state index contributed by atoms with van der Waals surface area (Å²) in [5.74, 6) is -0.127. The van der Waals surface area contributed by atoms with E-state index in [1.807, 2.05) is 0 Å². The van der Waals surface area contributed by atoms with E-state index in [2.05, 4.69) is 0 Å². The number of rotatable bonds is 7. The van der Waals surface area contributed by atoms with Crippen molar-refractivity contribution in [3.05, 3.63) is 35.6 Å². The molecule has 0 amide bonds. The molecule has 1 aliphatic carbocycles. The fourth-order valence-corrected chi connectivity index (χ4v) is 2.30. The second-order valence-electron chi connectivity index (χ2n) is 5.61. The summed E-state index contributed by atoms with van der Waals surface area (Å²) in [4.78, 5) is 1.59. The van der Waals surface area contributed by atoms with Crippen LogP contribution < -0.4 is 0 Å². The maximum atomic E-state index is 13.6. The zero-order valence-electron chi connectivity index (χ0n) is 11.6. The van der Waals surface area contributed by atoms with E-state index in [1.165, 1.54) is 18.2 Å². The molecule has 1 aromatic rings. The van der Waals surface area contributed by atoms with E-state index in [0.717, 1.165) is 12.8 Å². The molecule has 1 N–H and O–H groups in total. The molecule has 0 saturated heterocycles. The summed E-state index contributed by atoms with van der Waals surface area (Å²) in [6, 6.07) is 5.80. The molecule has 0 bridgehead atoms. The smallest absolute Gasteiger partial charge is 0.387 e. The van der Waals surface area contributed by atoms with E-state index in [9.17, 15) is 22.7 Å². The lowest BCUT2D eigenvalue weighted by atomic mass is 10.1. The van der Waals surface area contributed by atoms with E-state index >= 15 is 0 Å². The van der Waals surface area contributed by atoms with Gasteiger partial charge in [-0.05, 0) is 24.8 Å². The summed E-state index contributed by atoms with van der Waals surface area (Å²) < 4.78 is 50.6. The first kappa shape index (κ1) is 16.2. The van der Waals surface area contributed by atoms with Crippen molar-refractivity contribution in [3.63, 3.8) is 0 Å². The Morgan fingerprint density at radius 1 is 1.24 bits per heavy atom. The quantitative estimate of drug-likeness (QED) is 0.779. The van der Waals surface area contributed by atoms with Crippen molar-refractivity contribution in [1.29, 1.82) is 0 Å². The summed E-state index contributed by atoms with van der Waals surface area (Å²) in [6.45, 7) is 0.390. The molecule has 2 rings (SSSR count). The third kappa shape index (κ3) is 5.63. The molecule has 118 valence electrons. The third-order valence-corrected chi connectivity index (χ3v) is 3.62. The van der Waals surface area contributed by atoms with Crippen molar-refractivity contribution in [1.82, 2.24) is 4.90 Å². The van der Waals surface area contributed by atoms with Crippen molar-refractivity contribution in [2.24, 2.45) is 5.92 Å². The molecule has 1 aromatic carbocycles. The number of hydrogen-bond acceptors (Lipinski definition) is 2. The minimum absolute atomic E-state index is 0.0213. The van der Waals surface area contributed by atoms with Gasteiger partial charge in [-0.2, -0.15) is 13.2 Å². The number of hydrogen-bond donors (Lipinski definition) is 1. The van der Waals surface area contributed by atoms with Crippen LogP contribution >= 0.6 is 0 Å². The number of alkyl halides is 3. The van der Waals surface area contributed by atoms with Crippen LogP contribution in [0.3, 0.4) is 0 Å². The van der Waals surface area contributed by atoms with Gasteiger partial charge >= 0.3 is 6.18 Å². The topological polar surface area (TPSA) is 23.5 Å². The van der Waals surface area contributed by atoms with Crippen molar-refractivity contribution < 1.29 is 22.7 Å². The molecule has 0 aromatic heterocycles. The van der Waals surface area contributed by atoms with Crippen LogP contribution in [0.1, 0.15) is 30.9 Å². The molecule has 0 spiro atoms. The number of aliphatic hydroxyl groups excluding tert-OH is 1. The maximum Gasteiger partial charge on any atom is 0.390 e. The average molecular weight is 305 g/mol. The van der Waals surface area contributed by atoms with E-state index in [-0.39, 0.29) is 18.7 Å². The Labute approximate surface area is 121 Å². The van der Waals surface area contributed by atoms with Crippen molar-refractivity contribution in [2.45, 2.75) is 31.5 Å². The number of halogens is 4. The fraction of sp³-hybridized carbons (Fsp3) is 0.600. The van der Waals surface area contributed by atoms with E-state index < -0.39 is 24.5 Å².